The zero-order valence-electron chi connectivity index (χ0n) is 9.93. The van der Waals surface area contributed by atoms with E-state index in [1.807, 2.05) is 6.07 Å². The minimum absolute atomic E-state index is 0.358. The summed E-state index contributed by atoms with van der Waals surface area (Å²) in [7, 11) is 0. The van der Waals surface area contributed by atoms with Crippen LogP contribution in [-0.4, -0.2) is 11.1 Å². The van der Waals surface area contributed by atoms with Gasteiger partial charge in [-0.2, -0.15) is 0 Å². The van der Waals surface area contributed by atoms with Gasteiger partial charge in [0.15, 0.2) is 0 Å². The molecule has 1 N–H and O–H groups in total. The van der Waals surface area contributed by atoms with Crippen molar-refractivity contribution in [1.29, 1.82) is 0 Å². The van der Waals surface area contributed by atoms with Gasteiger partial charge in [0.25, 0.3) is 0 Å². The fourth-order valence-electron chi connectivity index (χ4n) is 2.20. The number of carbonyl (C=O) groups is 1. The Balaban J connectivity index is 2.05. The number of hydrogen-bond donors (Lipinski definition) is 1. The molecule has 0 saturated heterocycles. The van der Waals surface area contributed by atoms with Crippen molar-refractivity contribution in [1.82, 2.24) is 0 Å². The monoisotopic (exact) mass is 256 g/mol. The van der Waals surface area contributed by atoms with Crippen LogP contribution in [0.25, 0.3) is 0 Å². The molecule has 0 bridgehead atoms. The molecular weight excluding hydrogens is 244 g/mol. The van der Waals surface area contributed by atoms with Gasteiger partial charge >= 0.3 is 5.97 Å². The van der Waals surface area contributed by atoms with E-state index in [1.165, 1.54) is 21.6 Å². The third kappa shape index (κ3) is 1.91. The molecule has 0 aromatic heterocycles. The van der Waals surface area contributed by atoms with Gasteiger partial charge in [0.1, 0.15) is 0 Å². The summed E-state index contributed by atoms with van der Waals surface area (Å²) in [5.41, 5.74) is 4.16. The first-order valence-electron chi connectivity index (χ1n) is 5.77. The van der Waals surface area contributed by atoms with E-state index in [1.54, 1.807) is 23.9 Å². The maximum absolute atomic E-state index is 11.0. The number of hydrogen-bond acceptors (Lipinski definition) is 2. The first-order chi connectivity index (χ1) is 8.63. The first kappa shape index (κ1) is 11.4. The lowest BCUT2D eigenvalue weighted by atomic mass is 10.0. The number of aromatic carboxylic acids is 1. The number of carboxylic acid groups (broad SMARTS) is 1. The highest BCUT2D eigenvalue weighted by Crippen LogP contribution is 2.40. The Morgan fingerprint density at radius 2 is 1.94 bits per heavy atom. The van der Waals surface area contributed by atoms with Crippen LogP contribution in [0.15, 0.2) is 46.2 Å². The number of benzene rings is 2. The van der Waals surface area contributed by atoms with E-state index in [0.717, 1.165) is 11.3 Å². The molecule has 3 heteroatoms. The van der Waals surface area contributed by atoms with E-state index < -0.39 is 5.97 Å². The zero-order chi connectivity index (χ0) is 12.7. The van der Waals surface area contributed by atoms with Crippen molar-refractivity contribution in [2.45, 2.75) is 23.1 Å². The maximum atomic E-state index is 11.0. The van der Waals surface area contributed by atoms with Crippen molar-refractivity contribution in [3.05, 3.63) is 58.7 Å². The Morgan fingerprint density at radius 1 is 1.11 bits per heavy atom. The molecule has 1 aliphatic heterocycles. The lowest BCUT2D eigenvalue weighted by Gasteiger charge is -2.19. The third-order valence-corrected chi connectivity index (χ3v) is 4.35. The van der Waals surface area contributed by atoms with Crippen LogP contribution in [-0.2, 0) is 6.42 Å². The second-order valence-electron chi connectivity index (χ2n) is 4.52. The molecule has 0 saturated carbocycles. The van der Waals surface area contributed by atoms with Crippen LogP contribution < -0.4 is 0 Å². The average molecular weight is 256 g/mol. The van der Waals surface area contributed by atoms with Crippen molar-refractivity contribution < 1.29 is 9.90 Å². The lowest BCUT2D eigenvalue weighted by Crippen LogP contribution is -2.03. The molecule has 90 valence electrons. The van der Waals surface area contributed by atoms with Gasteiger partial charge in [-0.1, -0.05) is 35.5 Å². The van der Waals surface area contributed by atoms with Gasteiger partial charge in [-0.25, -0.2) is 4.79 Å². The number of aryl methyl sites for hydroxylation is 1. The molecule has 0 unspecified atom stereocenters. The van der Waals surface area contributed by atoms with Gasteiger partial charge < -0.3 is 5.11 Å². The van der Waals surface area contributed by atoms with Crippen molar-refractivity contribution in [3.63, 3.8) is 0 Å². The molecule has 18 heavy (non-hydrogen) atoms. The van der Waals surface area contributed by atoms with Crippen LogP contribution >= 0.6 is 11.8 Å². The normalized spacial score (nSPS) is 12.7. The summed E-state index contributed by atoms with van der Waals surface area (Å²) < 4.78 is 0. The first-order valence-corrected chi connectivity index (χ1v) is 6.59. The van der Waals surface area contributed by atoms with Crippen molar-refractivity contribution in [2.75, 3.05) is 0 Å². The number of fused-ring (bicyclic) bond motifs is 2. The Hall–Kier alpha value is -1.74. The summed E-state index contributed by atoms with van der Waals surface area (Å²) >= 11 is 1.66. The fraction of sp³-hybridized carbons (Fsp3) is 0.133. The van der Waals surface area contributed by atoms with Crippen LogP contribution in [0.1, 0.15) is 27.0 Å². The quantitative estimate of drug-likeness (QED) is 0.720. The molecule has 0 aliphatic carbocycles. The second kappa shape index (κ2) is 4.18. The molecule has 2 aromatic carbocycles. The Morgan fingerprint density at radius 3 is 2.72 bits per heavy atom. The minimum atomic E-state index is -0.867. The standard InChI is InChI=1S/C15H12O2S/c1-9-2-5-13-12(6-9)7-10-3-4-11(15(16)17)8-14(10)18-13/h2-6,8H,7H2,1H3,(H,16,17). The molecule has 1 heterocycles. The van der Waals surface area contributed by atoms with E-state index in [4.69, 9.17) is 5.11 Å². The predicted octanol–water partition coefficient (Wildman–Crippen LogP) is 3.75. The number of carboxylic acids is 1. The van der Waals surface area contributed by atoms with Crippen LogP contribution in [0.4, 0.5) is 0 Å². The fourth-order valence-corrected chi connectivity index (χ4v) is 3.29. The summed E-state index contributed by atoms with van der Waals surface area (Å²) in [6.07, 6.45) is 0.888. The maximum Gasteiger partial charge on any atom is 0.335 e. The van der Waals surface area contributed by atoms with E-state index >= 15 is 0 Å². The van der Waals surface area contributed by atoms with Crippen LogP contribution in [0.2, 0.25) is 0 Å². The van der Waals surface area contributed by atoms with E-state index in [-0.39, 0.29) is 0 Å². The Bertz CT molecular complexity index is 647. The van der Waals surface area contributed by atoms with Gasteiger partial charge in [0, 0.05) is 9.79 Å². The van der Waals surface area contributed by atoms with Gasteiger partial charge in [0.2, 0.25) is 0 Å². The Kier molecular flexibility index (Phi) is 2.63. The van der Waals surface area contributed by atoms with Gasteiger partial charge in [-0.05, 0) is 42.7 Å². The van der Waals surface area contributed by atoms with Gasteiger partial charge in [-0.3, -0.25) is 0 Å². The summed E-state index contributed by atoms with van der Waals surface area (Å²) in [5, 5.41) is 9.01. The summed E-state index contributed by atoms with van der Waals surface area (Å²) in [6, 6.07) is 11.8. The van der Waals surface area contributed by atoms with Crippen molar-refractivity contribution in [2.24, 2.45) is 0 Å². The molecule has 1 aliphatic rings. The van der Waals surface area contributed by atoms with Crippen LogP contribution in [0.3, 0.4) is 0 Å². The van der Waals surface area contributed by atoms with Gasteiger partial charge in [-0.15, -0.1) is 0 Å². The molecule has 0 radical (unpaired) electrons. The summed E-state index contributed by atoms with van der Waals surface area (Å²) in [4.78, 5) is 13.3. The molecule has 0 atom stereocenters. The zero-order valence-corrected chi connectivity index (χ0v) is 10.8. The Labute approximate surface area is 110 Å². The summed E-state index contributed by atoms with van der Waals surface area (Å²) in [6.45, 7) is 2.09. The average Bonchev–Trinajstić information content (AvgIpc) is 2.35. The molecule has 2 nitrogen and oxygen atoms in total. The highest BCUT2D eigenvalue weighted by atomic mass is 32.2. The largest absolute Gasteiger partial charge is 0.478 e. The SMILES string of the molecule is Cc1ccc2c(c1)Cc1ccc(C(=O)O)cc1S2. The molecule has 0 spiro atoms. The highest BCUT2D eigenvalue weighted by Gasteiger charge is 2.17. The smallest absolute Gasteiger partial charge is 0.335 e. The summed E-state index contributed by atoms with van der Waals surface area (Å²) in [5.74, 6) is -0.867. The topological polar surface area (TPSA) is 37.3 Å². The van der Waals surface area contributed by atoms with Crippen LogP contribution in [0.5, 0.6) is 0 Å². The molecular formula is C15H12O2S. The number of rotatable bonds is 1. The van der Waals surface area contributed by atoms with E-state index in [2.05, 4.69) is 25.1 Å². The highest BCUT2D eigenvalue weighted by molar-refractivity contribution is 7.99. The van der Waals surface area contributed by atoms with Crippen molar-refractivity contribution >= 4 is 17.7 Å². The second-order valence-corrected chi connectivity index (χ2v) is 5.60. The molecule has 2 aromatic rings. The van der Waals surface area contributed by atoms with E-state index in [0.29, 0.717) is 5.56 Å². The van der Waals surface area contributed by atoms with Crippen molar-refractivity contribution in [3.8, 4) is 0 Å². The minimum Gasteiger partial charge on any atom is -0.478 e. The third-order valence-electron chi connectivity index (χ3n) is 3.13. The lowest BCUT2D eigenvalue weighted by molar-refractivity contribution is 0.0696. The van der Waals surface area contributed by atoms with Crippen LogP contribution in [0, 0.1) is 6.92 Å². The molecule has 3 rings (SSSR count). The molecule has 0 amide bonds. The van der Waals surface area contributed by atoms with Gasteiger partial charge in [0.05, 0.1) is 5.56 Å². The van der Waals surface area contributed by atoms with E-state index in [9.17, 15) is 4.79 Å². The predicted molar refractivity (Wildman–Crippen MR) is 71.5 cm³/mol. The molecule has 0 fully saturated rings.